The molecule has 4 nitrogen and oxygen atoms in total. The zero-order valence-corrected chi connectivity index (χ0v) is 9.60. The molecule has 0 rings (SSSR count). The third-order valence-corrected chi connectivity index (χ3v) is 1.70. The molecule has 0 spiro atoms. The summed E-state index contributed by atoms with van der Waals surface area (Å²) in [5.41, 5.74) is -0.237. The maximum absolute atomic E-state index is 11.4. The number of carbonyl (C=O) groups is 2. The first kappa shape index (κ1) is 12.9. The van der Waals surface area contributed by atoms with E-state index >= 15 is 0 Å². The molecule has 0 radical (unpaired) electrons. The third-order valence-electron chi connectivity index (χ3n) is 1.70. The first-order chi connectivity index (χ1) is 6.26. The molecule has 0 aromatic rings. The largest absolute Gasteiger partial charge is 0.359 e. The van der Waals surface area contributed by atoms with Gasteiger partial charge in [0.25, 0.3) is 0 Å². The van der Waals surface area contributed by atoms with Crippen LogP contribution in [-0.2, 0) is 9.59 Å². The van der Waals surface area contributed by atoms with Crippen molar-refractivity contribution in [2.45, 2.75) is 39.7 Å². The van der Waals surface area contributed by atoms with Gasteiger partial charge in [0.15, 0.2) is 0 Å². The van der Waals surface area contributed by atoms with Crippen LogP contribution in [-0.4, -0.2) is 24.4 Å². The quantitative estimate of drug-likeness (QED) is 0.703. The Balaban J connectivity index is 4.01. The van der Waals surface area contributed by atoms with E-state index in [-0.39, 0.29) is 29.7 Å². The Labute approximate surface area is 85.4 Å². The highest BCUT2D eigenvalue weighted by atomic mass is 16.2. The van der Waals surface area contributed by atoms with Crippen molar-refractivity contribution >= 4 is 11.8 Å². The molecule has 0 heterocycles. The molecule has 0 saturated carbocycles. The topological polar surface area (TPSA) is 58.2 Å². The molecule has 0 aromatic heterocycles. The summed E-state index contributed by atoms with van der Waals surface area (Å²) >= 11 is 0. The van der Waals surface area contributed by atoms with Gasteiger partial charge in [0.05, 0.1) is 0 Å². The lowest BCUT2D eigenvalue weighted by Gasteiger charge is -2.21. The number of carbonyl (C=O) groups excluding carboxylic acids is 2. The zero-order chi connectivity index (χ0) is 11.4. The second kappa shape index (κ2) is 4.98. The minimum Gasteiger partial charge on any atom is -0.359 e. The fraction of sp³-hybridized carbons (Fsp3) is 0.800. The van der Waals surface area contributed by atoms with Gasteiger partial charge in [0.1, 0.15) is 0 Å². The minimum absolute atomic E-state index is 0.0893. The average molecular weight is 200 g/mol. The van der Waals surface area contributed by atoms with Crippen molar-refractivity contribution in [3.05, 3.63) is 0 Å². The number of hydrogen-bond donors (Lipinski definition) is 2. The van der Waals surface area contributed by atoms with Crippen molar-refractivity contribution in [2.75, 3.05) is 7.05 Å². The predicted octanol–water partition coefficient (Wildman–Crippen LogP) is 0.673. The molecule has 4 heteroatoms. The predicted molar refractivity (Wildman–Crippen MR) is 55.7 cm³/mol. The van der Waals surface area contributed by atoms with Crippen molar-refractivity contribution < 1.29 is 9.59 Å². The fourth-order valence-electron chi connectivity index (χ4n) is 1.09. The van der Waals surface area contributed by atoms with Crippen LogP contribution in [0.3, 0.4) is 0 Å². The molecule has 82 valence electrons. The molecule has 2 N–H and O–H groups in total. The third kappa shape index (κ3) is 5.56. The lowest BCUT2D eigenvalue weighted by molar-refractivity contribution is -0.130. The summed E-state index contributed by atoms with van der Waals surface area (Å²) in [4.78, 5) is 22.5. The minimum atomic E-state index is -0.276. The lowest BCUT2D eigenvalue weighted by atomic mass is 10.0. The summed E-state index contributed by atoms with van der Waals surface area (Å²) in [6.45, 7) is 7.47. The molecule has 0 aliphatic rings. The number of rotatable bonds is 3. The second-order valence-electron chi connectivity index (χ2n) is 4.52. The van der Waals surface area contributed by atoms with E-state index in [1.807, 2.05) is 20.8 Å². The van der Waals surface area contributed by atoms with Crippen LogP contribution in [0.5, 0.6) is 0 Å². The summed E-state index contributed by atoms with van der Waals surface area (Å²) in [5, 5.41) is 5.32. The number of hydrogen-bond acceptors (Lipinski definition) is 2. The van der Waals surface area contributed by atoms with Crippen LogP contribution < -0.4 is 10.6 Å². The summed E-state index contributed by atoms with van der Waals surface area (Å²) in [6, 6.07) is 0. The smallest absolute Gasteiger partial charge is 0.223 e. The Morgan fingerprint density at radius 1 is 1.29 bits per heavy atom. The lowest BCUT2D eigenvalue weighted by Crippen LogP contribution is -2.42. The van der Waals surface area contributed by atoms with Crippen LogP contribution in [0, 0.1) is 5.92 Å². The SMILES string of the molecule is CNC(=O)C(C)CC(=O)NC(C)(C)C. The van der Waals surface area contributed by atoms with Gasteiger partial charge in [-0.1, -0.05) is 6.92 Å². The maximum Gasteiger partial charge on any atom is 0.223 e. The Morgan fingerprint density at radius 2 is 1.79 bits per heavy atom. The summed E-state index contributed by atoms with van der Waals surface area (Å²) in [6.07, 6.45) is 0.233. The van der Waals surface area contributed by atoms with Crippen LogP contribution in [0.2, 0.25) is 0 Å². The second-order valence-corrected chi connectivity index (χ2v) is 4.52. The van der Waals surface area contributed by atoms with Gasteiger partial charge >= 0.3 is 0 Å². The van der Waals surface area contributed by atoms with Gasteiger partial charge in [0.2, 0.25) is 11.8 Å². The average Bonchev–Trinajstić information content (AvgIpc) is 1.99. The van der Waals surface area contributed by atoms with Crippen LogP contribution in [0.4, 0.5) is 0 Å². The van der Waals surface area contributed by atoms with Crippen molar-refractivity contribution in [3.8, 4) is 0 Å². The van der Waals surface area contributed by atoms with Gasteiger partial charge in [-0.05, 0) is 20.8 Å². The molecule has 0 aliphatic heterocycles. The fourth-order valence-corrected chi connectivity index (χ4v) is 1.09. The van der Waals surface area contributed by atoms with E-state index in [4.69, 9.17) is 0 Å². The Morgan fingerprint density at radius 3 is 2.14 bits per heavy atom. The monoisotopic (exact) mass is 200 g/mol. The first-order valence-electron chi connectivity index (χ1n) is 4.79. The molecule has 2 amide bonds. The van der Waals surface area contributed by atoms with Crippen LogP contribution in [0.15, 0.2) is 0 Å². The highest BCUT2D eigenvalue weighted by molar-refractivity contribution is 5.85. The molecule has 1 atom stereocenters. The summed E-state index contributed by atoms with van der Waals surface area (Å²) in [7, 11) is 1.57. The van der Waals surface area contributed by atoms with Gasteiger partial charge < -0.3 is 10.6 Å². The first-order valence-corrected chi connectivity index (χ1v) is 4.79. The van der Waals surface area contributed by atoms with E-state index in [0.717, 1.165) is 0 Å². The molecular formula is C10H20N2O2. The normalized spacial score (nSPS) is 13.2. The van der Waals surface area contributed by atoms with E-state index in [9.17, 15) is 9.59 Å². The molecule has 0 fully saturated rings. The van der Waals surface area contributed by atoms with Crippen molar-refractivity contribution in [3.63, 3.8) is 0 Å². The van der Waals surface area contributed by atoms with E-state index in [1.54, 1.807) is 14.0 Å². The van der Waals surface area contributed by atoms with Crippen molar-refractivity contribution in [1.29, 1.82) is 0 Å². The van der Waals surface area contributed by atoms with Gasteiger partial charge in [0, 0.05) is 24.9 Å². The van der Waals surface area contributed by atoms with E-state index in [1.165, 1.54) is 0 Å². The highest BCUT2D eigenvalue weighted by Gasteiger charge is 2.19. The van der Waals surface area contributed by atoms with Gasteiger partial charge in [-0.3, -0.25) is 9.59 Å². The maximum atomic E-state index is 11.4. The van der Waals surface area contributed by atoms with E-state index in [0.29, 0.717) is 0 Å². The van der Waals surface area contributed by atoms with E-state index < -0.39 is 0 Å². The standard InChI is InChI=1S/C10H20N2O2/c1-7(9(14)11-5)6-8(13)12-10(2,3)4/h7H,6H2,1-5H3,(H,11,14)(H,12,13). The molecule has 0 aromatic carbocycles. The molecule has 1 unspecified atom stereocenters. The number of nitrogens with one attached hydrogen (secondary N) is 2. The molecule has 14 heavy (non-hydrogen) atoms. The molecular weight excluding hydrogens is 180 g/mol. The van der Waals surface area contributed by atoms with Gasteiger partial charge in [-0.2, -0.15) is 0 Å². The molecule has 0 bridgehead atoms. The zero-order valence-electron chi connectivity index (χ0n) is 9.60. The van der Waals surface area contributed by atoms with Crippen molar-refractivity contribution in [1.82, 2.24) is 10.6 Å². The van der Waals surface area contributed by atoms with Gasteiger partial charge in [-0.15, -0.1) is 0 Å². The summed E-state index contributed by atoms with van der Waals surface area (Å²) < 4.78 is 0. The Hall–Kier alpha value is -1.06. The van der Waals surface area contributed by atoms with Crippen LogP contribution >= 0.6 is 0 Å². The Bertz CT molecular complexity index is 219. The van der Waals surface area contributed by atoms with Crippen molar-refractivity contribution in [2.24, 2.45) is 5.92 Å². The molecule has 0 saturated heterocycles. The highest BCUT2D eigenvalue weighted by Crippen LogP contribution is 2.05. The number of amides is 2. The van der Waals surface area contributed by atoms with Gasteiger partial charge in [-0.25, -0.2) is 0 Å². The van der Waals surface area contributed by atoms with Crippen LogP contribution in [0.25, 0.3) is 0 Å². The van der Waals surface area contributed by atoms with E-state index in [2.05, 4.69) is 10.6 Å². The molecule has 0 aliphatic carbocycles. The Kier molecular flexibility index (Phi) is 4.60. The van der Waals surface area contributed by atoms with Crippen LogP contribution in [0.1, 0.15) is 34.1 Å². The summed E-state index contributed by atoms with van der Waals surface area (Å²) in [5.74, 6) is -0.468.